The van der Waals surface area contributed by atoms with Gasteiger partial charge in [-0.15, -0.1) is 5.10 Å². The second-order valence-corrected chi connectivity index (χ2v) is 7.11. The van der Waals surface area contributed by atoms with Crippen molar-refractivity contribution >= 4 is 29.1 Å². The van der Waals surface area contributed by atoms with Crippen LogP contribution in [-0.4, -0.2) is 38.9 Å². The van der Waals surface area contributed by atoms with E-state index in [1.54, 1.807) is 23.1 Å². The molecule has 4 rings (SSSR count). The molecule has 5 nitrogen and oxygen atoms in total. The normalized spacial score (nSPS) is 16.8. The molecule has 1 aliphatic heterocycles. The molecule has 26 heavy (non-hydrogen) atoms. The first-order valence-electron chi connectivity index (χ1n) is 8.33. The molecule has 2 aromatic carbocycles. The van der Waals surface area contributed by atoms with Gasteiger partial charge in [0.25, 0.3) is 5.91 Å². The maximum atomic E-state index is 12.7. The third kappa shape index (κ3) is 3.32. The molecule has 0 aliphatic carbocycles. The average molecular weight is 387 g/mol. The summed E-state index contributed by atoms with van der Waals surface area (Å²) in [4.78, 5) is 14.5. The zero-order valence-corrected chi connectivity index (χ0v) is 15.4. The molecule has 1 aliphatic rings. The van der Waals surface area contributed by atoms with Crippen molar-refractivity contribution in [3.05, 3.63) is 70.3 Å². The van der Waals surface area contributed by atoms with Crippen molar-refractivity contribution in [3.63, 3.8) is 0 Å². The van der Waals surface area contributed by atoms with Crippen LogP contribution in [0.5, 0.6) is 0 Å². The van der Waals surface area contributed by atoms with E-state index in [1.165, 1.54) is 0 Å². The molecule has 0 spiro atoms. The lowest BCUT2D eigenvalue weighted by molar-refractivity contribution is 0.0787. The summed E-state index contributed by atoms with van der Waals surface area (Å²) in [6.07, 6.45) is 2.76. The van der Waals surface area contributed by atoms with Gasteiger partial charge in [0.2, 0.25) is 0 Å². The molecule has 3 aromatic rings. The van der Waals surface area contributed by atoms with E-state index in [0.717, 1.165) is 17.7 Å². The number of aromatic nitrogens is 3. The van der Waals surface area contributed by atoms with Gasteiger partial charge in [-0.25, -0.2) is 4.68 Å². The van der Waals surface area contributed by atoms with Crippen molar-refractivity contribution in [1.29, 1.82) is 0 Å². The molecule has 1 saturated heterocycles. The molecule has 7 heteroatoms. The molecule has 1 atom stereocenters. The van der Waals surface area contributed by atoms with E-state index in [4.69, 9.17) is 23.2 Å². The Morgan fingerprint density at radius 1 is 1.12 bits per heavy atom. The molecule has 1 aromatic heterocycles. The van der Waals surface area contributed by atoms with Crippen LogP contribution in [0, 0.1) is 0 Å². The van der Waals surface area contributed by atoms with Gasteiger partial charge in [0, 0.05) is 23.7 Å². The standard InChI is InChI=1S/C19H16Cl2N4O/c20-14-6-7-16(17(21)10-14)19(26)24-9-8-15(11-24)25-12-18(22-23-25)13-4-2-1-3-5-13/h1-7,10,12,15H,8-9,11H2. The van der Waals surface area contributed by atoms with Gasteiger partial charge in [0.15, 0.2) is 0 Å². The molecule has 0 radical (unpaired) electrons. The maximum Gasteiger partial charge on any atom is 0.255 e. The third-order valence-electron chi connectivity index (χ3n) is 4.57. The fraction of sp³-hybridized carbons (Fsp3) is 0.211. The van der Waals surface area contributed by atoms with Crippen LogP contribution in [0.2, 0.25) is 10.0 Å². The average Bonchev–Trinajstić information content (AvgIpc) is 3.31. The highest BCUT2D eigenvalue weighted by molar-refractivity contribution is 6.36. The Hall–Kier alpha value is -2.37. The Kier molecular flexibility index (Phi) is 4.66. The molecule has 132 valence electrons. The lowest BCUT2D eigenvalue weighted by Crippen LogP contribution is -2.29. The zero-order chi connectivity index (χ0) is 18.1. The molecule has 1 amide bonds. The number of halogens is 2. The summed E-state index contributed by atoms with van der Waals surface area (Å²) in [5.41, 5.74) is 2.33. The Morgan fingerprint density at radius 2 is 1.92 bits per heavy atom. The van der Waals surface area contributed by atoms with Crippen molar-refractivity contribution in [3.8, 4) is 11.3 Å². The van der Waals surface area contributed by atoms with E-state index in [0.29, 0.717) is 28.7 Å². The number of nitrogens with zero attached hydrogens (tertiary/aromatic N) is 4. The van der Waals surface area contributed by atoms with E-state index in [9.17, 15) is 4.79 Å². The van der Waals surface area contributed by atoms with Gasteiger partial charge in [-0.1, -0.05) is 58.7 Å². The van der Waals surface area contributed by atoms with Crippen molar-refractivity contribution < 1.29 is 4.79 Å². The van der Waals surface area contributed by atoms with E-state index in [2.05, 4.69) is 10.3 Å². The van der Waals surface area contributed by atoms with E-state index >= 15 is 0 Å². The predicted molar refractivity (Wildman–Crippen MR) is 101 cm³/mol. The fourth-order valence-corrected chi connectivity index (χ4v) is 3.66. The van der Waals surface area contributed by atoms with Gasteiger partial charge < -0.3 is 4.90 Å². The number of amides is 1. The zero-order valence-electron chi connectivity index (χ0n) is 13.8. The molecule has 0 N–H and O–H groups in total. The van der Waals surface area contributed by atoms with Crippen molar-refractivity contribution in [2.45, 2.75) is 12.5 Å². The minimum Gasteiger partial charge on any atom is -0.336 e. The van der Waals surface area contributed by atoms with E-state index in [-0.39, 0.29) is 11.9 Å². The smallest absolute Gasteiger partial charge is 0.255 e. The van der Waals surface area contributed by atoms with Crippen LogP contribution < -0.4 is 0 Å². The number of rotatable bonds is 3. The van der Waals surface area contributed by atoms with E-state index < -0.39 is 0 Å². The number of carbonyl (C=O) groups excluding carboxylic acids is 1. The minimum absolute atomic E-state index is 0.0856. The fourth-order valence-electron chi connectivity index (χ4n) is 3.17. The SMILES string of the molecule is O=C(c1ccc(Cl)cc1Cl)N1CCC(n2cc(-c3ccccc3)nn2)C1. The number of hydrogen-bond donors (Lipinski definition) is 0. The molecule has 1 unspecified atom stereocenters. The maximum absolute atomic E-state index is 12.7. The first kappa shape index (κ1) is 17.1. The molecular weight excluding hydrogens is 371 g/mol. The second kappa shape index (κ2) is 7.09. The van der Waals surface area contributed by atoms with Crippen LogP contribution in [0.15, 0.2) is 54.7 Å². The van der Waals surface area contributed by atoms with Gasteiger partial charge in [0.05, 0.1) is 22.8 Å². The van der Waals surface area contributed by atoms with Gasteiger partial charge in [0.1, 0.15) is 5.69 Å². The first-order chi connectivity index (χ1) is 12.6. The minimum atomic E-state index is -0.0856. The van der Waals surface area contributed by atoms with Crippen LogP contribution in [0.1, 0.15) is 22.8 Å². The van der Waals surface area contributed by atoms with Crippen LogP contribution in [0.25, 0.3) is 11.3 Å². The largest absolute Gasteiger partial charge is 0.336 e. The Balaban J connectivity index is 1.49. The number of carbonyl (C=O) groups is 1. The second-order valence-electron chi connectivity index (χ2n) is 6.27. The topological polar surface area (TPSA) is 51.0 Å². The number of benzene rings is 2. The highest BCUT2D eigenvalue weighted by atomic mass is 35.5. The molecular formula is C19H16Cl2N4O. The van der Waals surface area contributed by atoms with Crippen LogP contribution in [-0.2, 0) is 0 Å². The number of likely N-dealkylation sites (tertiary alicyclic amines) is 1. The van der Waals surface area contributed by atoms with Crippen molar-refractivity contribution in [1.82, 2.24) is 19.9 Å². The predicted octanol–water partition coefficient (Wildman–Crippen LogP) is 4.34. The van der Waals surface area contributed by atoms with Crippen LogP contribution in [0.3, 0.4) is 0 Å². The van der Waals surface area contributed by atoms with Gasteiger partial charge in [-0.3, -0.25) is 4.79 Å². The van der Waals surface area contributed by atoms with Gasteiger partial charge >= 0.3 is 0 Å². The summed E-state index contributed by atoms with van der Waals surface area (Å²) in [5.74, 6) is -0.0856. The van der Waals surface area contributed by atoms with Crippen LogP contribution in [0.4, 0.5) is 0 Å². The van der Waals surface area contributed by atoms with Crippen molar-refractivity contribution in [2.75, 3.05) is 13.1 Å². The van der Waals surface area contributed by atoms with Crippen LogP contribution >= 0.6 is 23.2 Å². The monoisotopic (exact) mass is 386 g/mol. The Labute approximate surface area is 161 Å². The van der Waals surface area contributed by atoms with E-state index in [1.807, 2.05) is 41.2 Å². The summed E-state index contributed by atoms with van der Waals surface area (Å²) >= 11 is 12.1. The summed E-state index contributed by atoms with van der Waals surface area (Å²) in [6.45, 7) is 1.23. The molecule has 0 bridgehead atoms. The highest BCUT2D eigenvalue weighted by Gasteiger charge is 2.29. The third-order valence-corrected chi connectivity index (χ3v) is 5.11. The molecule has 1 fully saturated rings. The Morgan fingerprint density at radius 3 is 2.69 bits per heavy atom. The summed E-state index contributed by atoms with van der Waals surface area (Å²) < 4.78 is 1.85. The number of hydrogen-bond acceptors (Lipinski definition) is 3. The molecule has 0 saturated carbocycles. The van der Waals surface area contributed by atoms with Crippen molar-refractivity contribution in [2.24, 2.45) is 0 Å². The first-order valence-corrected chi connectivity index (χ1v) is 9.09. The Bertz CT molecular complexity index is 942. The highest BCUT2D eigenvalue weighted by Crippen LogP contribution is 2.27. The molecule has 2 heterocycles. The summed E-state index contributed by atoms with van der Waals surface area (Å²) in [7, 11) is 0. The van der Waals surface area contributed by atoms with Gasteiger partial charge in [-0.05, 0) is 24.6 Å². The van der Waals surface area contributed by atoms with Gasteiger partial charge in [-0.2, -0.15) is 0 Å². The summed E-state index contributed by atoms with van der Waals surface area (Å²) in [5, 5.41) is 9.40. The lowest BCUT2D eigenvalue weighted by Gasteiger charge is -2.17. The quantitative estimate of drug-likeness (QED) is 0.672. The summed E-state index contributed by atoms with van der Waals surface area (Å²) in [6, 6.07) is 15.0. The lowest BCUT2D eigenvalue weighted by atomic mass is 10.2.